The maximum absolute atomic E-state index is 12.1. The van der Waals surface area contributed by atoms with E-state index >= 15 is 0 Å². The highest BCUT2D eigenvalue weighted by molar-refractivity contribution is 6.01. The Morgan fingerprint density at radius 3 is 2.61 bits per heavy atom. The molecule has 18 heavy (non-hydrogen) atoms. The fraction of sp³-hybridized carbons (Fsp3) is 0.500. The Bertz CT molecular complexity index is 401. The predicted octanol–water partition coefficient (Wildman–Crippen LogP) is 2.44. The Labute approximate surface area is 109 Å². The molecule has 1 amide bonds. The van der Waals surface area contributed by atoms with Gasteiger partial charge in [0.05, 0.1) is 7.11 Å². The zero-order valence-electron chi connectivity index (χ0n) is 11.3. The lowest BCUT2D eigenvalue weighted by Gasteiger charge is -2.15. The van der Waals surface area contributed by atoms with Gasteiger partial charge < -0.3 is 15.8 Å². The van der Waals surface area contributed by atoms with E-state index in [0.29, 0.717) is 29.5 Å². The molecule has 0 aliphatic heterocycles. The first-order valence-electron chi connectivity index (χ1n) is 6.34. The van der Waals surface area contributed by atoms with Crippen molar-refractivity contribution in [3.8, 4) is 5.75 Å². The third-order valence-electron chi connectivity index (χ3n) is 3.21. The van der Waals surface area contributed by atoms with Crippen LogP contribution in [0.4, 0.5) is 5.69 Å². The normalized spacial score (nSPS) is 10.4. The SMILES string of the molecule is CCC(CC)CNC(=O)c1c(N)cccc1OC. The Kier molecular flexibility index (Phi) is 5.49. The van der Waals surface area contributed by atoms with Crippen molar-refractivity contribution in [1.82, 2.24) is 5.32 Å². The number of amides is 1. The number of nitrogens with one attached hydrogen (secondary N) is 1. The van der Waals surface area contributed by atoms with Gasteiger partial charge in [0, 0.05) is 12.2 Å². The average Bonchev–Trinajstić information content (AvgIpc) is 2.39. The van der Waals surface area contributed by atoms with Crippen molar-refractivity contribution < 1.29 is 9.53 Å². The van der Waals surface area contributed by atoms with E-state index < -0.39 is 0 Å². The van der Waals surface area contributed by atoms with Crippen molar-refractivity contribution in [2.75, 3.05) is 19.4 Å². The first kappa shape index (κ1) is 14.4. The molecule has 0 radical (unpaired) electrons. The zero-order chi connectivity index (χ0) is 13.5. The number of methoxy groups -OCH3 is 1. The van der Waals surface area contributed by atoms with Crippen LogP contribution >= 0.6 is 0 Å². The standard InChI is InChI=1S/C14H22N2O2/c1-4-10(5-2)9-16-14(17)13-11(15)7-6-8-12(13)18-3/h6-8,10H,4-5,9,15H2,1-3H3,(H,16,17). The zero-order valence-corrected chi connectivity index (χ0v) is 11.3. The van der Waals surface area contributed by atoms with E-state index in [-0.39, 0.29) is 5.91 Å². The molecule has 0 fully saturated rings. The number of ether oxygens (including phenoxy) is 1. The summed E-state index contributed by atoms with van der Waals surface area (Å²) in [6, 6.07) is 5.21. The molecule has 4 heteroatoms. The summed E-state index contributed by atoms with van der Waals surface area (Å²) in [6.07, 6.45) is 2.11. The van der Waals surface area contributed by atoms with Crippen molar-refractivity contribution in [3.05, 3.63) is 23.8 Å². The minimum absolute atomic E-state index is 0.170. The molecule has 0 aromatic heterocycles. The van der Waals surface area contributed by atoms with Gasteiger partial charge in [-0.3, -0.25) is 4.79 Å². The molecule has 0 aliphatic rings. The molecule has 0 bridgehead atoms. The van der Waals surface area contributed by atoms with Crippen molar-refractivity contribution >= 4 is 11.6 Å². The quantitative estimate of drug-likeness (QED) is 0.762. The van der Waals surface area contributed by atoms with Gasteiger partial charge >= 0.3 is 0 Å². The van der Waals surface area contributed by atoms with Gasteiger partial charge in [-0.25, -0.2) is 0 Å². The fourth-order valence-electron chi connectivity index (χ4n) is 1.86. The average molecular weight is 250 g/mol. The van der Waals surface area contributed by atoms with Crippen molar-refractivity contribution in [2.45, 2.75) is 26.7 Å². The second-order valence-electron chi connectivity index (χ2n) is 4.32. The molecule has 0 spiro atoms. The molecule has 0 unspecified atom stereocenters. The molecule has 0 heterocycles. The van der Waals surface area contributed by atoms with E-state index in [1.165, 1.54) is 7.11 Å². The molecular formula is C14H22N2O2. The Morgan fingerprint density at radius 2 is 2.06 bits per heavy atom. The summed E-state index contributed by atoms with van der Waals surface area (Å²) in [5, 5.41) is 2.92. The van der Waals surface area contributed by atoms with Gasteiger partial charge in [-0.2, -0.15) is 0 Å². The second kappa shape index (κ2) is 6.89. The lowest BCUT2D eigenvalue weighted by molar-refractivity contribution is 0.0944. The van der Waals surface area contributed by atoms with E-state index in [1.807, 2.05) is 0 Å². The number of anilines is 1. The number of carbonyl (C=O) groups excluding carboxylic acids is 1. The highest BCUT2D eigenvalue weighted by Gasteiger charge is 2.16. The maximum Gasteiger partial charge on any atom is 0.257 e. The van der Waals surface area contributed by atoms with E-state index in [4.69, 9.17) is 10.5 Å². The molecular weight excluding hydrogens is 228 g/mol. The Morgan fingerprint density at radius 1 is 1.39 bits per heavy atom. The van der Waals surface area contributed by atoms with E-state index in [9.17, 15) is 4.79 Å². The van der Waals surface area contributed by atoms with Crippen LogP contribution in [-0.4, -0.2) is 19.6 Å². The topological polar surface area (TPSA) is 64.4 Å². The Balaban J connectivity index is 2.78. The number of hydrogen-bond acceptors (Lipinski definition) is 3. The maximum atomic E-state index is 12.1. The highest BCUT2D eigenvalue weighted by Crippen LogP contribution is 2.23. The minimum atomic E-state index is -0.170. The third kappa shape index (κ3) is 3.39. The largest absolute Gasteiger partial charge is 0.496 e. The van der Waals surface area contributed by atoms with Gasteiger partial charge in [-0.1, -0.05) is 32.8 Å². The second-order valence-corrected chi connectivity index (χ2v) is 4.32. The monoisotopic (exact) mass is 250 g/mol. The fourth-order valence-corrected chi connectivity index (χ4v) is 1.86. The summed E-state index contributed by atoms with van der Waals surface area (Å²) in [5.41, 5.74) is 6.69. The molecule has 100 valence electrons. The van der Waals surface area contributed by atoms with Crippen LogP contribution in [0.25, 0.3) is 0 Å². The summed E-state index contributed by atoms with van der Waals surface area (Å²) in [4.78, 5) is 12.1. The first-order valence-corrected chi connectivity index (χ1v) is 6.34. The highest BCUT2D eigenvalue weighted by atomic mass is 16.5. The molecule has 1 rings (SSSR count). The van der Waals surface area contributed by atoms with Crippen LogP contribution in [0, 0.1) is 5.92 Å². The molecule has 0 saturated carbocycles. The molecule has 4 nitrogen and oxygen atoms in total. The number of nitrogens with two attached hydrogens (primary N) is 1. The lowest BCUT2D eigenvalue weighted by atomic mass is 10.0. The summed E-state index contributed by atoms with van der Waals surface area (Å²) < 4.78 is 5.17. The van der Waals surface area contributed by atoms with Crippen LogP contribution in [0.5, 0.6) is 5.75 Å². The van der Waals surface area contributed by atoms with Crippen LogP contribution in [0.2, 0.25) is 0 Å². The molecule has 0 atom stereocenters. The third-order valence-corrected chi connectivity index (χ3v) is 3.21. The molecule has 0 saturated heterocycles. The summed E-state index contributed by atoms with van der Waals surface area (Å²) >= 11 is 0. The summed E-state index contributed by atoms with van der Waals surface area (Å²) in [7, 11) is 1.53. The number of benzene rings is 1. The van der Waals surface area contributed by atoms with Gasteiger partial charge in [0.15, 0.2) is 0 Å². The molecule has 0 aliphatic carbocycles. The molecule has 3 N–H and O–H groups in total. The van der Waals surface area contributed by atoms with Gasteiger partial charge in [-0.15, -0.1) is 0 Å². The minimum Gasteiger partial charge on any atom is -0.496 e. The number of nitrogen functional groups attached to an aromatic ring is 1. The smallest absolute Gasteiger partial charge is 0.257 e. The molecule has 1 aromatic rings. The van der Waals surface area contributed by atoms with E-state index in [2.05, 4.69) is 19.2 Å². The van der Waals surface area contributed by atoms with Crippen LogP contribution in [0.3, 0.4) is 0 Å². The van der Waals surface area contributed by atoms with E-state index in [1.54, 1.807) is 18.2 Å². The van der Waals surface area contributed by atoms with Gasteiger partial charge in [0.25, 0.3) is 5.91 Å². The molecule has 1 aromatic carbocycles. The Hall–Kier alpha value is -1.71. The number of rotatable bonds is 6. The van der Waals surface area contributed by atoms with Gasteiger partial charge in [0.2, 0.25) is 0 Å². The lowest BCUT2D eigenvalue weighted by Crippen LogP contribution is -2.29. The first-order chi connectivity index (χ1) is 8.63. The number of hydrogen-bond donors (Lipinski definition) is 2. The van der Waals surface area contributed by atoms with E-state index in [0.717, 1.165) is 12.8 Å². The summed E-state index contributed by atoms with van der Waals surface area (Å²) in [5.74, 6) is 0.846. The van der Waals surface area contributed by atoms with Crippen molar-refractivity contribution in [3.63, 3.8) is 0 Å². The summed E-state index contributed by atoms with van der Waals surface area (Å²) in [6.45, 7) is 4.92. The number of carbonyl (C=O) groups is 1. The van der Waals surface area contributed by atoms with Gasteiger partial charge in [-0.05, 0) is 18.1 Å². The van der Waals surface area contributed by atoms with Crippen LogP contribution in [-0.2, 0) is 0 Å². The van der Waals surface area contributed by atoms with Crippen molar-refractivity contribution in [2.24, 2.45) is 5.92 Å². The van der Waals surface area contributed by atoms with Crippen LogP contribution in [0.15, 0.2) is 18.2 Å². The van der Waals surface area contributed by atoms with Crippen LogP contribution < -0.4 is 15.8 Å². The van der Waals surface area contributed by atoms with Gasteiger partial charge in [0.1, 0.15) is 11.3 Å². The van der Waals surface area contributed by atoms with Crippen molar-refractivity contribution in [1.29, 1.82) is 0 Å². The predicted molar refractivity (Wildman–Crippen MR) is 73.8 cm³/mol. The van der Waals surface area contributed by atoms with Crippen LogP contribution in [0.1, 0.15) is 37.0 Å².